The molecule has 1 saturated carbocycles. The fourth-order valence-corrected chi connectivity index (χ4v) is 3.98. The lowest BCUT2D eigenvalue weighted by Crippen LogP contribution is -2.50. The Morgan fingerprint density at radius 1 is 1.24 bits per heavy atom. The molecule has 7 nitrogen and oxygen atoms in total. The molecule has 2 aliphatic rings. The zero-order valence-electron chi connectivity index (χ0n) is 15.3. The van der Waals surface area contributed by atoms with Crippen molar-refractivity contribution in [3.05, 3.63) is 18.2 Å². The number of aryl methyl sites for hydroxylation is 1. The van der Waals surface area contributed by atoms with E-state index in [0.29, 0.717) is 6.54 Å². The minimum atomic E-state index is -0.102. The third-order valence-corrected chi connectivity index (χ3v) is 5.53. The molecule has 1 saturated heterocycles. The Labute approximate surface area is 150 Å². The fourth-order valence-electron chi connectivity index (χ4n) is 3.98. The van der Waals surface area contributed by atoms with Gasteiger partial charge in [0.1, 0.15) is 5.82 Å². The quantitative estimate of drug-likeness (QED) is 0.816. The van der Waals surface area contributed by atoms with E-state index in [9.17, 15) is 4.79 Å². The SMILES string of the molecule is Cn1ccnc1CNC(=O)NCC1(CN2CCOCC2)CCCCC1. The molecule has 0 radical (unpaired) electrons. The first-order valence-electron chi connectivity index (χ1n) is 9.45. The first-order valence-corrected chi connectivity index (χ1v) is 9.45. The van der Waals surface area contributed by atoms with Gasteiger partial charge >= 0.3 is 6.03 Å². The van der Waals surface area contributed by atoms with Gasteiger partial charge in [0.15, 0.2) is 0 Å². The Hall–Kier alpha value is -1.60. The number of nitrogens with one attached hydrogen (secondary N) is 2. The third-order valence-electron chi connectivity index (χ3n) is 5.53. The lowest BCUT2D eigenvalue weighted by Gasteiger charge is -2.42. The second-order valence-electron chi connectivity index (χ2n) is 7.44. The number of hydrogen-bond donors (Lipinski definition) is 2. The number of carbonyl (C=O) groups excluding carboxylic acids is 1. The summed E-state index contributed by atoms with van der Waals surface area (Å²) < 4.78 is 7.39. The van der Waals surface area contributed by atoms with E-state index in [-0.39, 0.29) is 11.4 Å². The maximum absolute atomic E-state index is 12.2. The van der Waals surface area contributed by atoms with E-state index < -0.39 is 0 Å². The highest BCUT2D eigenvalue weighted by Crippen LogP contribution is 2.36. The molecule has 25 heavy (non-hydrogen) atoms. The van der Waals surface area contributed by atoms with Crippen LogP contribution in [0, 0.1) is 5.41 Å². The summed E-state index contributed by atoms with van der Waals surface area (Å²) in [7, 11) is 1.93. The third kappa shape index (κ3) is 5.19. The Balaban J connectivity index is 1.49. The van der Waals surface area contributed by atoms with Crippen molar-refractivity contribution in [1.82, 2.24) is 25.1 Å². The molecule has 1 aliphatic carbocycles. The minimum absolute atomic E-state index is 0.102. The van der Waals surface area contributed by atoms with Crippen molar-refractivity contribution in [3.8, 4) is 0 Å². The van der Waals surface area contributed by atoms with Crippen LogP contribution in [0.1, 0.15) is 37.9 Å². The molecular weight excluding hydrogens is 318 g/mol. The first-order chi connectivity index (χ1) is 12.2. The highest BCUT2D eigenvalue weighted by atomic mass is 16.5. The molecular formula is C18H31N5O2. The average molecular weight is 349 g/mol. The van der Waals surface area contributed by atoms with Crippen LogP contribution in [0.5, 0.6) is 0 Å². The summed E-state index contributed by atoms with van der Waals surface area (Å²) in [6, 6.07) is -0.102. The summed E-state index contributed by atoms with van der Waals surface area (Å²) in [5.74, 6) is 0.857. The molecule has 140 valence electrons. The number of aromatic nitrogens is 2. The van der Waals surface area contributed by atoms with E-state index in [4.69, 9.17) is 4.74 Å². The van der Waals surface area contributed by atoms with Gasteiger partial charge in [0.25, 0.3) is 0 Å². The van der Waals surface area contributed by atoms with Gasteiger partial charge in [-0.05, 0) is 12.8 Å². The van der Waals surface area contributed by atoms with Crippen molar-refractivity contribution in [2.75, 3.05) is 39.4 Å². The lowest BCUT2D eigenvalue weighted by atomic mass is 9.73. The normalized spacial score (nSPS) is 21.0. The zero-order valence-corrected chi connectivity index (χ0v) is 15.3. The predicted octanol–water partition coefficient (Wildman–Crippen LogP) is 1.50. The number of carbonyl (C=O) groups is 1. The van der Waals surface area contributed by atoms with E-state index in [1.807, 2.05) is 17.8 Å². The number of morpholine rings is 1. The smallest absolute Gasteiger partial charge is 0.315 e. The van der Waals surface area contributed by atoms with E-state index >= 15 is 0 Å². The van der Waals surface area contributed by atoms with Gasteiger partial charge in [0.05, 0.1) is 19.8 Å². The minimum Gasteiger partial charge on any atom is -0.379 e. The standard InChI is InChI=1S/C18H31N5O2/c1-22-8-7-19-16(22)13-20-17(24)21-14-18(5-3-2-4-6-18)15-23-9-11-25-12-10-23/h7-8H,2-6,9-15H2,1H3,(H2,20,21,24). The highest BCUT2D eigenvalue weighted by molar-refractivity contribution is 5.73. The molecule has 2 N–H and O–H groups in total. The monoisotopic (exact) mass is 349 g/mol. The van der Waals surface area contributed by atoms with Crippen molar-refractivity contribution in [3.63, 3.8) is 0 Å². The average Bonchev–Trinajstić information content (AvgIpc) is 3.05. The van der Waals surface area contributed by atoms with Gasteiger partial charge in [-0.15, -0.1) is 0 Å². The number of ether oxygens (including phenoxy) is 1. The van der Waals surface area contributed by atoms with Crippen LogP contribution in [0.25, 0.3) is 0 Å². The van der Waals surface area contributed by atoms with Crippen molar-refractivity contribution in [1.29, 1.82) is 0 Å². The van der Waals surface area contributed by atoms with E-state index in [1.54, 1.807) is 6.20 Å². The molecule has 3 rings (SSSR count). The van der Waals surface area contributed by atoms with Crippen molar-refractivity contribution >= 4 is 6.03 Å². The highest BCUT2D eigenvalue weighted by Gasteiger charge is 2.34. The number of hydrogen-bond acceptors (Lipinski definition) is 4. The summed E-state index contributed by atoms with van der Waals surface area (Å²) in [6.07, 6.45) is 9.87. The molecule has 2 heterocycles. The summed E-state index contributed by atoms with van der Waals surface area (Å²) in [5.41, 5.74) is 0.205. The maximum atomic E-state index is 12.2. The molecule has 1 aromatic heterocycles. The van der Waals surface area contributed by atoms with Gasteiger partial charge in [-0.25, -0.2) is 9.78 Å². The Kier molecular flexibility index (Phi) is 6.31. The van der Waals surface area contributed by atoms with E-state index in [2.05, 4.69) is 20.5 Å². The summed E-state index contributed by atoms with van der Waals surface area (Å²) in [6.45, 7) is 5.93. The molecule has 2 fully saturated rings. The van der Waals surface area contributed by atoms with E-state index in [0.717, 1.165) is 45.2 Å². The van der Waals surface area contributed by atoms with Gasteiger partial charge in [-0.3, -0.25) is 4.90 Å². The molecule has 2 amide bonds. The van der Waals surface area contributed by atoms with Gasteiger partial charge < -0.3 is 19.9 Å². The number of urea groups is 1. The molecule has 1 aromatic rings. The Morgan fingerprint density at radius 3 is 2.68 bits per heavy atom. The molecule has 0 aromatic carbocycles. The Bertz CT molecular complexity index is 547. The van der Waals surface area contributed by atoms with E-state index in [1.165, 1.54) is 32.1 Å². The molecule has 0 bridgehead atoms. The van der Waals surface area contributed by atoms with Crippen LogP contribution in [0.2, 0.25) is 0 Å². The van der Waals surface area contributed by atoms with Gasteiger partial charge in [0, 0.05) is 51.0 Å². The van der Waals surface area contributed by atoms with Gasteiger partial charge in [-0.2, -0.15) is 0 Å². The van der Waals surface area contributed by atoms with Gasteiger partial charge in [-0.1, -0.05) is 19.3 Å². The second-order valence-corrected chi connectivity index (χ2v) is 7.44. The number of amides is 2. The summed E-state index contributed by atoms with van der Waals surface area (Å²) >= 11 is 0. The summed E-state index contributed by atoms with van der Waals surface area (Å²) in [5, 5.41) is 6.04. The largest absolute Gasteiger partial charge is 0.379 e. The van der Waals surface area contributed by atoms with Crippen LogP contribution < -0.4 is 10.6 Å². The number of imidazole rings is 1. The maximum Gasteiger partial charge on any atom is 0.315 e. The van der Waals surface area contributed by atoms with Crippen LogP contribution in [-0.2, 0) is 18.3 Å². The van der Waals surface area contributed by atoms with Crippen LogP contribution >= 0.6 is 0 Å². The molecule has 1 aliphatic heterocycles. The Morgan fingerprint density at radius 2 is 2.00 bits per heavy atom. The molecule has 0 spiro atoms. The lowest BCUT2D eigenvalue weighted by molar-refractivity contribution is 0.00783. The van der Waals surface area contributed by atoms with Crippen LogP contribution in [0.15, 0.2) is 12.4 Å². The summed E-state index contributed by atoms with van der Waals surface area (Å²) in [4.78, 5) is 19.0. The van der Waals surface area contributed by atoms with Crippen LogP contribution in [0.4, 0.5) is 4.79 Å². The molecule has 0 unspecified atom stereocenters. The van der Waals surface area contributed by atoms with Gasteiger partial charge in [0.2, 0.25) is 0 Å². The van der Waals surface area contributed by atoms with Crippen molar-refractivity contribution in [2.24, 2.45) is 12.5 Å². The zero-order chi connectivity index (χ0) is 17.5. The predicted molar refractivity (Wildman–Crippen MR) is 96.2 cm³/mol. The molecule has 0 atom stereocenters. The molecule has 7 heteroatoms. The number of nitrogens with zero attached hydrogens (tertiary/aromatic N) is 3. The number of rotatable bonds is 6. The van der Waals surface area contributed by atoms with Crippen LogP contribution in [0.3, 0.4) is 0 Å². The fraction of sp³-hybridized carbons (Fsp3) is 0.778. The first kappa shape index (κ1) is 18.2. The van der Waals surface area contributed by atoms with Crippen LogP contribution in [-0.4, -0.2) is 59.9 Å². The topological polar surface area (TPSA) is 71.4 Å². The second kappa shape index (κ2) is 8.67. The van der Waals surface area contributed by atoms with Crippen molar-refractivity contribution < 1.29 is 9.53 Å². The van der Waals surface area contributed by atoms with Crippen molar-refractivity contribution in [2.45, 2.75) is 38.6 Å².